The Labute approximate surface area is 117 Å². The average molecular weight is 284 g/mol. The van der Waals surface area contributed by atoms with E-state index in [1.807, 2.05) is 30.9 Å². The summed E-state index contributed by atoms with van der Waals surface area (Å²) >= 11 is 8.18. The van der Waals surface area contributed by atoms with Crippen LogP contribution >= 0.6 is 23.4 Å². The number of aromatic nitrogens is 3. The monoisotopic (exact) mass is 283 g/mol. The van der Waals surface area contributed by atoms with Gasteiger partial charge in [-0.15, -0.1) is 11.6 Å². The first-order valence-electron chi connectivity index (χ1n) is 6.18. The number of fused-ring (bicyclic) bond motifs is 1. The van der Waals surface area contributed by atoms with Gasteiger partial charge < -0.3 is 4.57 Å². The maximum Gasteiger partial charge on any atom is 0.128 e. The molecule has 0 bridgehead atoms. The molecule has 0 aromatic carbocycles. The van der Waals surface area contributed by atoms with E-state index < -0.39 is 0 Å². The summed E-state index contributed by atoms with van der Waals surface area (Å²) in [5.74, 6) is 3.13. The van der Waals surface area contributed by atoms with Gasteiger partial charge in [-0.25, -0.2) is 4.98 Å². The van der Waals surface area contributed by atoms with Crippen LogP contribution in [0.5, 0.6) is 0 Å². The molecule has 2 aromatic heterocycles. The molecule has 3 nitrogen and oxygen atoms in total. The van der Waals surface area contributed by atoms with Gasteiger partial charge in [0.25, 0.3) is 0 Å². The van der Waals surface area contributed by atoms with E-state index >= 15 is 0 Å². The lowest BCUT2D eigenvalue weighted by molar-refractivity contribution is 0.592. The zero-order chi connectivity index (χ0) is 13.1. The minimum absolute atomic E-state index is 0.0912. The van der Waals surface area contributed by atoms with Gasteiger partial charge >= 0.3 is 0 Å². The van der Waals surface area contributed by atoms with Crippen LogP contribution in [0.15, 0.2) is 18.5 Å². The van der Waals surface area contributed by atoms with Gasteiger partial charge in [0.1, 0.15) is 11.3 Å². The summed E-state index contributed by atoms with van der Waals surface area (Å²) in [5, 5.41) is -0.0912. The number of rotatable bonds is 5. The summed E-state index contributed by atoms with van der Waals surface area (Å²) in [6, 6.07) is 2.40. The Balaban J connectivity index is 2.47. The molecular formula is C13H18ClN3S. The Morgan fingerprint density at radius 2 is 2.22 bits per heavy atom. The topological polar surface area (TPSA) is 30.7 Å². The molecule has 0 spiro atoms. The van der Waals surface area contributed by atoms with Gasteiger partial charge in [0.05, 0.1) is 17.1 Å². The first-order chi connectivity index (χ1) is 8.65. The van der Waals surface area contributed by atoms with Crippen molar-refractivity contribution in [3.8, 4) is 0 Å². The molecule has 0 amide bonds. The molecule has 18 heavy (non-hydrogen) atoms. The third-order valence-corrected chi connectivity index (χ3v) is 4.20. The van der Waals surface area contributed by atoms with Gasteiger partial charge in [-0.05, 0) is 25.7 Å². The van der Waals surface area contributed by atoms with E-state index in [0.29, 0.717) is 6.04 Å². The zero-order valence-corrected chi connectivity index (χ0v) is 12.5. The van der Waals surface area contributed by atoms with Crippen molar-refractivity contribution in [2.24, 2.45) is 0 Å². The van der Waals surface area contributed by atoms with E-state index in [0.717, 1.165) is 28.4 Å². The number of pyridine rings is 1. The third kappa shape index (κ3) is 2.64. The summed E-state index contributed by atoms with van der Waals surface area (Å²) in [7, 11) is 0. The summed E-state index contributed by atoms with van der Waals surface area (Å²) < 4.78 is 2.25. The van der Waals surface area contributed by atoms with Crippen LogP contribution in [0.3, 0.4) is 0 Å². The number of imidazole rings is 1. The Hall–Kier alpha value is -0.740. The molecule has 0 saturated heterocycles. The molecule has 5 heteroatoms. The number of halogens is 1. The van der Waals surface area contributed by atoms with Gasteiger partial charge in [0.15, 0.2) is 0 Å². The smallest absolute Gasteiger partial charge is 0.128 e. The number of thioether (sulfide) groups is 1. The third-order valence-electron chi connectivity index (χ3n) is 2.88. The van der Waals surface area contributed by atoms with Crippen molar-refractivity contribution in [1.82, 2.24) is 14.5 Å². The van der Waals surface area contributed by atoms with Gasteiger partial charge in [0, 0.05) is 18.0 Å². The van der Waals surface area contributed by atoms with Crippen molar-refractivity contribution in [3.05, 3.63) is 24.3 Å². The first-order valence-corrected chi connectivity index (χ1v) is 7.78. The van der Waals surface area contributed by atoms with Crippen molar-refractivity contribution in [3.63, 3.8) is 0 Å². The van der Waals surface area contributed by atoms with E-state index in [1.165, 1.54) is 0 Å². The van der Waals surface area contributed by atoms with Crippen LogP contribution in [0.1, 0.15) is 38.0 Å². The molecule has 0 radical (unpaired) electrons. The van der Waals surface area contributed by atoms with Crippen molar-refractivity contribution in [1.29, 1.82) is 0 Å². The molecule has 2 unspecified atom stereocenters. The average Bonchev–Trinajstić information content (AvgIpc) is 2.75. The Kier molecular flexibility index (Phi) is 4.51. The van der Waals surface area contributed by atoms with Crippen LogP contribution in [0, 0.1) is 0 Å². The van der Waals surface area contributed by atoms with Crippen LogP contribution in [-0.4, -0.2) is 26.0 Å². The molecule has 2 rings (SSSR count). The number of alkyl halides is 1. The van der Waals surface area contributed by atoms with E-state index in [-0.39, 0.29) is 5.38 Å². The quantitative estimate of drug-likeness (QED) is 0.776. The highest BCUT2D eigenvalue weighted by molar-refractivity contribution is 7.99. The molecule has 98 valence electrons. The molecule has 0 aliphatic heterocycles. The SMILES string of the molecule is CCSCC(C)n1c(C(C)Cl)nc2cnccc21. The standard InChI is InChI=1S/C13H18ClN3S/c1-4-18-8-9(2)17-12-5-6-15-7-11(12)16-13(17)10(3)14/h5-7,9-10H,4,8H2,1-3H3. The lowest BCUT2D eigenvalue weighted by Crippen LogP contribution is -2.12. The lowest BCUT2D eigenvalue weighted by Gasteiger charge is -2.18. The molecule has 2 heterocycles. The molecule has 0 fully saturated rings. The van der Waals surface area contributed by atoms with Crippen molar-refractivity contribution in [2.45, 2.75) is 32.2 Å². The van der Waals surface area contributed by atoms with E-state index in [9.17, 15) is 0 Å². The Morgan fingerprint density at radius 1 is 1.44 bits per heavy atom. The number of hydrogen-bond donors (Lipinski definition) is 0. The summed E-state index contributed by atoms with van der Waals surface area (Å²) in [6.07, 6.45) is 3.61. The normalized spacial score (nSPS) is 14.9. The van der Waals surface area contributed by atoms with Gasteiger partial charge in [0.2, 0.25) is 0 Å². The second-order valence-corrected chi connectivity index (χ2v) is 6.30. The highest BCUT2D eigenvalue weighted by Crippen LogP contribution is 2.28. The minimum atomic E-state index is -0.0912. The predicted octanol–water partition coefficient (Wildman–Crippen LogP) is 4.05. The zero-order valence-electron chi connectivity index (χ0n) is 10.9. The fourth-order valence-corrected chi connectivity index (χ4v) is 2.96. The van der Waals surface area contributed by atoms with Crippen molar-refractivity contribution < 1.29 is 0 Å². The van der Waals surface area contributed by atoms with Crippen LogP contribution in [0.25, 0.3) is 11.0 Å². The molecule has 2 aromatic rings. The minimum Gasteiger partial charge on any atom is -0.323 e. The molecule has 0 aliphatic rings. The fraction of sp³-hybridized carbons (Fsp3) is 0.538. The highest BCUT2D eigenvalue weighted by Gasteiger charge is 2.18. The molecule has 2 atom stereocenters. The summed E-state index contributed by atoms with van der Waals surface area (Å²) in [6.45, 7) is 6.36. The maximum absolute atomic E-state index is 6.25. The van der Waals surface area contributed by atoms with E-state index in [2.05, 4.69) is 28.4 Å². The second kappa shape index (κ2) is 5.93. The van der Waals surface area contributed by atoms with Gasteiger partial charge in [-0.2, -0.15) is 11.8 Å². The number of hydrogen-bond acceptors (Lipinski definition) is 3. The fourth-order valence-electron chi connectivity index (χ4n) is 2.08. The van der Waals surface area contributed by atoms with Crippen LogP contribution in [-0.2, 0) is 0 Å². The van der Waals surface area contributed by atoms with E-state index in [4.69, 9.17) is 11.6 Å². The predicted molar refractivity (Wildman–Crippen MR) is 79.5 cm³/mol. The lowest BCUT2D eigenvalue weighted by atomic mass is 10.3. The molecular weight excluding hydrogens is 266 g/mol. The number of nitrogens with zero attached hydrogens (tertiary/aromatic N) is 3. The van der Waals surface area contributed by atoms with Crippen LogP contribution in [0.2, 0.25) is 0 Å². The highest BCUT2D eigenvalue weighted by atomic mass is 35.5. The second-order valence-electron chi connectivity index (χ2n) is 4.33. The Morgan fingerprint density at radius 3 is 2.89 bits per heavy atom. The van der Waals surface area contributed by atoms with Gasteiger partial charge in [-0.1, -0.05) is 6.92 Å². The maximum atomic E-state index is 6.25. The summed E-state index contributed by atoms with van der Waals surface area (Å²) in [4.78, 5) is 8.72. The molecule has 0 saturated carbocycles. The van der Waals surface area contributed by atoms with Crippen LogP contribution < -0.4 is 0 Å². The van der Waals surface area contributed by atoms with E-state index in [1.54, 1.807) is 6.20 Å². The van der Waals surface area contributed by atoms with Gasteiger partial charge in [-0.3, -0.25) is 4.98 Å². The molecule has 0 aliphatic carbocycles. The molecule has 0 N–H and O–H groups in total. The van der Waals surface area contributed by atoms with Crippen molar-refractivity contribution >= 4 is 34.4 Å². The first kappa shape index (κ1) is 13.7. The Bertz CT molecular complexity index is 524. The van der Waals surface area contributed by atoms with Crippen LogP contribution in [0.4, 0.5) is 0 Å². The summed E-state index contributed by atoms with van der Waals surface area (Å²) in [5.41, 5.74) is 2.05. The largest absolute Gasteiger partial charge is 0.323 e. The van der Waals surface area contributed by atoms with Crippen molar-refractivity contribution in [2.75, 3.05) is 11.5 Å².